The highest BCUT2D eigenvalue weighted by molar-refractivity contribution is 6.05. The van der Waals surface area contributed by atoms with E-state index in [0.29, 0.717) is 11.4 Å². The molecular weight excluding hydrogens is 299 g/mol. The van der Waals surface area contributed by atoms with Crippen LogP contribution in [0.3, 0.4) is 0 Å². The van der Waals surface area contributed by atoms with Gasteiger partial charge in [-0.25, -0.2) is 4.39 Å². The van der Waals surface area contributed by atoms with Gasteiger partial charge in [0.15, 0.2) is 0 Å². The highest BCUT2D eigenvalue weighted by Gasteiger charge is 2.14. The van der Waals surface area contributed by atoms with Crippen molar-refractivity contribution in [2.24, 2.45) is 0 Å². The van der Waals surface area contributed by atoms with Crippen molar-refractivity contribution in [2.75, 3.05) is 12.4 Å². The third-order valence-electron chi connectivity index (χ3n) is 3.46. The molecule has 0 spiro atoms. The summed E-state index contributed by atoms with van der Waals surface area (Å²) in [7, 11) is 1.54. The summed E-state index contributed by atoms with van der Waals surface area (Å²) in [5, 5.41) is 2.75. The third-order valence-corrected chi connectivity index (χ3v) is 3.46. The first-order chi connectivity index (χ1) is 11.1. The monoisotopic (exact) mass is 312 g/mol. The summed E-state index contributed by atoms with van der Waals surface area (Å²) in [6.45, 7) is 0. The van der Waals surface area contributed by atoms with Crippen LogP contribution in [-0.4, -0.2) is 18.0 Å². The average Bonchev–Trinajstić information content (AvgIpc) is 2.56. The molecule has 0 aliphatic rings. The van der Waals surface area contributed by atoms with Crippen molar-refractivity contribution in [1.29, 1.82) is 0 Å². The molecule has 3 rings (SSSR count). The first kappa shape index (κ1) is 14.8. The number of nitrogens with one attached hydrogen (secondary N) is 2. The van der Waals surface area contributed by atoms with Crippen LogP contribution >= 0.6 is 0 Å². The Hall–Kier alpha value is -3.15. The van der Waals surface area contributed by atoms with E-state index in [-0.39, 0.29) is 16.5 Å². The van der Waals surface area contributed by atoms with Gasteiger partial charge in [-0.2, -0.15) is 0 Å². The van der Waals surface area contributed by atoms with Crippen molar-refractivity contribution in [1.82, 2.24) is 4.98 Å². The van der Waals surface area contributed by atoms with E-state index in [1.165, 1.54) is 24.4 Å². The molecule has 1 heterocycles. The minimum Gasteiger partial charge on any atom is -0.497 e. The minimum absolute atomic E-state index is 0.0819. The second kappa shape index (κ2) is 5.92. The number of ether oxygens (including phenoxy) is 1. The summed E-state index contributed by atoms with van der Waals surface area (Å²) in [4.78, 5) is 27.3. The van der Waals surface area contributed by atoms with Gasteiger partial charge in [0.25, 0.3) is 5.91 Å². The van der Waals surface area contributed by atoms with Gasteiger partial charge in [0.1, 0.15) is 17.1 Å². The van der Waals surface area contributed by atoms with Crippen molar-refractivity contribution in [3.63, 3.8) is 0 Å². The van der Waals surface area contributed by atoms with E-state index < -0.39 is 17.2 Å². The van der Waals surface area contributed by atoms with Gasteiger partial charge < -0.3 is 15.0 Å². The normalized spacial score (nSPS) is 10.5. The van der Waals surface area contributed by atoms with E-state index in [9.17, 15) is 14.0 Å². The number of aromatic nitrogens is 1. The first-order valence-corrected chi connectivity index (χ1v) is 6.85. The predicted octanol–water partition coefficient (Wildman–Crippen LogP) is 2.93. The number of aromatic amines is 1. The second-order valence-electron chi connectivity index (χ2n) is 4.88. The van der Waals surface area contributed by atoms with Crippen LogP contribution in [0.5, 0.6) is 5.75 Å². The van der Waals surface area contributed by atoms with E-state index in [2.05, 4.69) is 10.3 Å². The zero-order valence-electron chi connectivity index (χ0n) is 12.2. The highest BCUT2D eigenvalue weighted by atomic mass is 19.1. The molecule has 0 unspecified atom stereocenters. The Balaban J connectivity index is 1.94. The van der Waals surface area contributed by atoms with Crippen LogP contribution in [-0.2, 0) is 0 Å². The van der Waals surface area contributed by atoms with Crippen LogP contribution in [0.1, 0.15) is 10.4 Å². The Labute approximate surface area is 130 Å². The first-order valence-electron chi connectivity index (χ1n) is 6.85. The minimum atomic E-state index is -0.567. The Kier molecular flexibility index (Phi) is 3.80. The Morgan fingerprint density at radius 3 is 2.61 bits per heavy atom. The zero-order chi connectivity index (χ0) is 16.4. The quantitative estimate of drug-likeness (QED) is 0.781. The zero-order valence-corrected chi connectivity index (χ0v) is 12.2. The molecule has 2 N–H and O–H groups in total. The fourth-order valence-electron chi connectivity index (χ4n) is 2.26. The number of H-pyrrole nitrogens is 1. The van der Waals surface area contributed by atoms with Crippen molar-refractivity contribution in [3.05, 3.63) is 70.3 Å². The molecule has 23 heavy (non-hydrogen) atoms. The number of carbonyl (C=O) groups excluding carboxylic acids is 1. The largest absolute Gasteiger partial charge is 0.497 e. The Morgan fingerprint density at radius 2 is 1.91 bits per heavy atom. The van der Waals surface area contributed by atoms with E-state index in [0.717, 1.165) is 0 Å². The number of hydrogen-bond acceptors (Lipinski definition) is 3. The Morgan fingerprint density at radius 1 is 1.17 bits per heavy atom. The number of anilines is 1. The lowest BCUT2D eigenvalue weighted by Gasteiger charge is -2.07. The topological polar surface area (TPSA) is 71.2 Å². The molecule has 0 aliphatic heterocycles. The van der Waals surface area contributed by atoms with Crippen LogP contribution < -0.4 is 15.5 Å². The predicted molar refractivity (Wildman–Crippen MR) is 85.5 cm³/mol. The summed E-state index contributed by atoms with van der Waals surface area (Å²) in [5.74, 6) is -0.452. The maximum atomic E-state index is 13.6. The van der Waals surface area contributed by atoms with Gasteiger partial charge >= 0.3 is 0 Å². The van der Waals surface area contributed by atoms with Crippen LogP contribution in [0.25, 0.3) is 10.9 Å². The molecule has 1 aromatic heterocycles. The number of hydrogen-bond donors (Lipinski definition) is 2. The second-order valence-corrected chi connectivity index (χ2v) is 4.88. The molecule has 1 amide bonds. The molecule has 0 aliphatic carbocycles. The number of para-hydroxylation sites is 1. The van der Waals surface area contributed by atoms with Crippen LogP contribution in [0, 0.1) is 5.82 Å². The molecule has 5 nitrogen and oxygen atoms in total. The van der Waals surface area contributed by atoms with E-state index >= 15 is 0 Å². The van der Waals surface area contributed by atoms with Crippen molar-refractivity contribution in [2.45, 2.75) is 0 Å². The van der Waals surface area contributed by atoms with Gasteiger partial charge in [0, 0.05) is 17.3 Å². The number of fused-ring (bicyclic) bond motifs is 1. The highest BCUT2D eigenvalue weighted by Crippen LogP contribution is 2.16. The molecular formula is C17H13FN2O3. The van der Waals surface area contributed by atoms with Gasteiger partial charge in [-0.05, 0) is 36.4 Å². The van der Waals surface area contributed by atoms with Crippen molar-refractivity contribution in [3.8, 4) is 5.75 Å². The summed E-state index contributed by atoms with van der Waals surface area (Å²) in [6, 6.07) is 10.8. The number of methoxy groups -OCH3 is 1. The number of pyridine rings is 1. The standard InChI is InChI=1S/C17H13FN2O3/c1-23-11-7-5-10(6-8-11)20-17(22)13-9-19-15-12(16(13)21)3-2-4-14(15)18/h2-9H,1H3,(H,19,21)(H,20,22). The number of carbonyl (C=O) groups is 1. The van der Waals surface area contributed by atoms with Gasteiger partial charge in [-0.15, -0.1) is 0 Å². The lowest BCUT2D eigenvalue weighted by molar-refractivity contribution is 0.102. The van der Waals surface area contributed by atoms with E-state index in [4.69, 9.17) is 4.74 Å². The summed E-state index contributed by atoms with van der Waals surface area (Å²) in [5.41, 5.74) is -0.00350. The molecule has 116 valence electrons. The summed E-state index contributed by atoms with van der Waals surface area (Å²) < 4.78 is 18.7. The number of halogens is 1. The summed E-state index contributed by atoms with van der Waals surface area (Å²) >= 11 is 0. The summed E-state index contributed by atoms with van der Waals surface area (Å²) in [6.07, 6.45) is 1.21. The molecule has 0 saturated heterocycles. The number of benzene rings is 2. The van der Waals surface area contributed by atoms with Gasteiger partial charge in [-0.1, -0.05) is 6.07 Å². The molecule has 0 atom stereocenters. The molecule has 0 fully saturated rings. The molecule has 0 saturated carbocycles. The van der Waals surface area contributed by atoms with Crippen LogP contribution in [0.15, 0.2) is 53.5 Å². The fraction of sp³-hybridized carbons (Fsp3) is 0.0588. The van der Waals surface area contributed by atoms with Gasteiger partial charge in [0.2, 0.25) is 5.43 Å². The molecule has 0 radical (unpaired) electrons. The molecule has 3 aromatic rings. The maximum absolute atomic E-state index is 13.6. The molecule has 2 aromatic carbocycles. The Bertz CT molecular complexity index is 933. The average molecular weight is 312 g/mol. The lowest BCUT2D eigenvalue weighted by atomic mass is 10.1. The van der Waals surface area contributed by atoms with Crippen LogP contribution in [0.2, 0.25) is 0 Å². The fourth-order valence-corrected chi connectivity index (χ4v) is 2.26. The van der Waals surface area contributed by atoms with E-state index in [1.807, 2.05) is 0 Å². The molecule has 6 heteroatoms. The number of amides is 1. The van der Waals surface area contributed by atoms with Gasteiger partial charge in [0.05, 0.1) is 12.6 Å². The van der Waals surface area contributed by atoms with Crippen molar-refractivity contribution < 1.29 is 13.9 Å². The van der Waals surface area contributed by atoms with Gasteiger partial charge in [-0.3, -0.25) is 9.59 Å². The van der Waals surface area contributed by atoms with E-state index in [1.54, 1.807) is 31.4 Å². The van der Waals surface area contributed by atoms with Crippen LogP contribution in [0.4, 0.5) is 10.1 Å². The SMILES string of the molecule is COc1ccc(NC(=O)c2c[nH]c3c(F)cccc3c2=O)cc1. The smallest absolute Gasteiger partial charge is 0.261 e. The number of rotatable bonds is 3. The maximum Gasteiger partial charge on any atom is 0.261 e. The molecule has 0 bridgehead atoms. The van der Waals surface area contributed by atoms with Crippen molar-refractivity contribution >= 4 is 22.5 Å². The lowest BCUT2D eigenvalue weighted by Crippen LogP contribution is -2.22. The third kappa shape index (κ3) is 2.78.